The first-order valence-corrected chi connectivity index (χ1v) is 11.4. The minimum Gasteiger partial charge on any atom is -0.497 e. The predicted octanol–water partition coefficient (Wildman–Crippen LogP) is 3.89. The molecule has 0 saturated heterocycles. The van der Waals surface area contributed by atoms with Gasteiger partial charge in [-0.15, -0.1) is 11.3 Å². The van der Waals surface area contributed by atoms with Crippen molar-refractivity contribution in [1.29, 1.82) is 0 Å². The third kappa shape index (κ3) is 4.55. The highest BCUT2D eigenvalue weighted by atomic mass is 32.1. The third-order valence-electron chi connectivity index (χ3n) is 5.32. The molecule has 1 aromatic carbocycles. The maximum Gasteiger partial charge on any atom is 0.243 e. The second kappa shape index (κ2) is 9.59. The number of aromatic amines is 1. The number of carbonyl (C=O) groups excluding carboxylic acids is 1. The van der Waals surface area contributed by atoms with Crippen LogP contribution in [0.3, 0.4) is 0 Å². The Kier molecular flexibility index (Phi) is 6.61. The molecule has 4 aromatic rings. The van der Waals surface area contributed by atoms with Gasteiger partial charge in [0.1, 0.15) is 29.4 Å². The third-order valence-corrected chi connectivity index (χ3v) is 6.48. The number of hydrogen-bond acceptors (Lipinski definition) is 7. The molecule has 2 unspecified atom stereocenters. The van der Waals surface area contributed by atoms with Crippen molar-refractivity contribution in [3.05, 3.63) is 64.3 Å². The smallest absolute Gasteiger partial charge is 0.243 e. The SMILES string of the molecule is COc1cc(OC)cc(C(NC(=O)C(C)n2c(-c3cccs3)n[nH]c2=S)c2nccn2C)c1. The summed E-state index contributed by atoms with van der Waals surface area (Å²) in [7, 11) is 5.05. The Hall–Kier alpha value is -3.44. The average Bonchev–Trinajstić information content (AvgIpc) is 3.57. The molecule has 0 aliphatic carbocycles. The number of H-pyrrole nitrogens is 1. The Morgan fingerprint density at radius 2 is 1.97 bits per heavy atom. The van der Waals surface area contributed by atoms with Crippen molar-refractivity contribution < 1.29 is 14.3 Å². The van der Waals surface area contributed by atoms with Gasteiger partial charge in [0.15, 0.2) is 10.6 Å². The summed E-state index contributed by atoms with van der Waals surface area (Å²) in [4.78, 5) is 18.9. The number of aromatic nitrogens is 5. The zero-order valence-corrected chi connectivity index (χ0v) is 20.2. The van der Waals surface area contributed by atoms with Crippen molar-refractivity contribution in [2.45, 2.75) is 19.0 Å². The quantitative estimate of drug-likeness (QED) is 0.368. The van der Waals surface area contributed by atoms with Gasteiger partial charge in [-0.2, -0.15) is 5.10 Å². The van der Waals surface area contributed by atoms with E-state index in [1.807, 2.05) is 47.5 Å². The van der Waals surface area contributed by atoms with Crippen molar-refractivity contribution in [1.82, 2.24) is 29.6 Å². The van der Waals surface area contributed by atoms with Crippen LogP contribution in [0.25, 0.3) is 10.7 Å². The molecule has 2 atom stereocenters. The molecule has 0 saturated carbocycles. The van der Waals surface area contributed by atoms with Crippen LogP contribution >= 0.6 is 23.6 Å². The molecule has 11 heteroatoms. The summed E-state index contributed by atoms with van der Waals surface area (Å²) in [5.41, 5.74) is 0.773. The molecule has 0 spiro atoms. The average molecular weight is 485 g/mol. The number of carbonyl (C=O) groups is 1. The highest BCUT2D eigenvalue weighted by molar-refractivity contribution is 7.71. The summed E-state index contributed by atoms with van der Waals surface area (Å²) in [5.74, 6) is 2.28. The maximum absolute atomic E-state index is 13.5. The van der Waals surface area contributed by atoms with Gasteiger partial charge in [0.2, 0.25) is 5.91 Å². The number of amides is 1. The van der Waals surface area contributed by atoms with Crippen LogP contribution in [0.5, 0.6) is 11.5 Å². The molecule has 3 heterocycles. The van der Waals surface area contributed by atoms with E-state index in [0.29, 0.717) is 27.9 Å². The minimum atomic E-state index is -0.622. The highest BCUT2D eigenvalue weighted by Crippen LogP contribution is 2.31. The molecule has 1 amide bonds. The number of aryl methyl sites for hydroxylation is 1. The van der Waals surface area contributed by atoms with Crippen LogP contribution in [-0.2, 0) is 11.8 Å². The topological polar surface area (TPSA) is 99.0 Å². The van der Waals surface area contributed by atoms with Gasteiger partial charge in [0.25, 0.3) is 0 Å². The monoisotopic (exact) mass is 484 g/mol. The van der Waals surface area contributed by atoms with Crippen LogP contribution in [0.4, 0.5) is 0 Å². The number of benzene rings is 1. The van der Waals surface area contributed by atoms with Crippen LogP contribution in [0.1, 0.15) is 30.4 Å². The fraction of sp³-hybridized carbons (Fsp3) is 0.273. The molecule has 2 N–H and O–H groups in total. The Morgan fingerprint density at radius 1 is 1.24 bits per heavy atom. The molecule has 0 radical (unpaired) electrons. The lowest BCUT2D eigenvalue weighted by molar-refractivity contribution is -0.124. The number of nitrogens with zero attached hydrogens (tertiary/aromatic N) is 4. The van der Waals surface area contributed by atoms with E-state index in [0.717, 1.165) is 10.4 Å². The standard InChI is InChI=1S/C22H24N6O3S2/c1-13(28-19(25-26-22(28)32)17-6-5-9-33-17)21(29)24-18(20-23-7-8-27(20)2)14-10-15(30-3)12-16(11-14)31-4/h5-13,18H,1-4H3,(H,24,29)(H,26,32). The first kappa shape index (κ1) is 22.7. The molecule has 0 fully saturated rings. The molecule has 0 aliphatic rings. The number of rotatable bonds is 8. The lowest BCUT2D eigenvalue weighted by Crippen LogP contribution is -2.36. The van der Waals surface area contributed by atoms with Crippen LogP contribution in [0.2, 0.25) is 0 Å². The summed E-state index contributed by atoms with van der Waals surface area (Å²) >= 11 is 6.96. The Morgan fingerprint density at radius 3 is 2.55 bits per heavy atom. The summed E-state index contributed by atoms with van der Waals surface area (Å²) in [6, 6.07) is 8.19. The molecule has 9 nitrogen and oxygen atoms in total. The van der Waals surface area contributed by atoms with Gasteiger partial charge >= 0.3 is 0 Å². The second-order valence-electron chi connectivity index (χ2n) is 7.36. The van der Waals surface area contributed by atoms with Gasteiger partial charge in [-0.3, -0.25) is 14.5 Å². The molecule has 0 aliphatic heterocycles. The number of thiophene rings is 1. The molecular formula is C22H24N6O3S2. The lowest BCUT2D eigenvalue weighted by atomic mass is 10.0. The van der Waals surface area contributed by atoms with Gasteiger partial charge in [0, 0.05) is 25.5 Å². The van der Waals surface area contributed by atoms with Crippen LogP contribution in [-0.4, -0.2) is 44.4 Å². The first-order chi connectivity index (χ1) is 15.9. The Bertz CT molecular complexity index is 1290. The lowest BCUT2D eigenvalue weighted by Gasteiger charge is -2.23. The van der Waals surface area contributed by atoms with E-state index in [1.165, 1.54) is 11.3 Å². The van der Waals surface area contributed by atoms with Crippen LogP contribution < -0.4 is 14.8 Å². The normalized spacial score (nSPS) is 12.8. The van der Waals surface area contributed by atoms with Crippen molar-refractivity contribution in [3.8, 4) is 22.2 Å². The van der Waals surface area contributed by atoms with Crippen molar-refractivity contribution >= 4 is 29.5 Å². The summed E-state index contributed by atoms with van der Waals surface area (Å²) < 4.78 is 14.8. The van der Waals surface area contributed by atoms with Gasteiger partial charge in [0.05, 0.1) is 19.1 Å². The van der Waals surface area contributed by atoms with Gasteiger partial charge in [-0.1, -0.05) is 6.07 Å². The van der Waals surface area contributed by atoms with Crippen LogP contribution in [0, 0.1) is 4.77 Å². The fourth-order valence-corrected chi connectivity index (χ4v) is 4.57. The number of methoxy groups -OCH3 is 2. The van der Waals surface area contributed by atoms with Crippen molar-refractivity contribution in [3.63, 3.8) is 0 Å². The predicted molar refractivity (Wildman–Crippen MR) is 128 cm³/mol. The highest BCUT2D eigenvalue weighted by Gasteiger charge is 2.27. The zero-order valence-electron chi connectivity index (χ0n) is 18.6. The van der Waals surface area contributed by atoms with E-state index in [1.54, 1.807) is 38.0 Å². The summed E-state index contributed by atoms with van der Waals surface area (Å²) in [5, 5.41) is 12.2. The van der Waals surface area contributed by atoms with Gasteiger partial charge in [-0.05, 0) is 48.3 Å². The summed E-state index contributed by atoms with van der Waals surface area (Å²) in [6.45, 7) is 1.79. The van der Waals surface area contributed by atoms with Crippen molar-refractivity contribution in [2.24, 2.45) is 7.05 Å². The number of hydrogen-bond donors (Lipinski definition) is 2. The molecule has 3 aromatic heterocycles. The van der Waals surface area contributed by atoms with Gasteiger partial charge in [-0.25, -0.2) is 4.98 Å². The van der Waals surface area contributed by atoms with E-state index < -0.39 is 12.1 Å². The Balaban J connectivity index is 1.71. The minimum absolute atomic E-state index is 0.236. The zero-order chi connectivity index (χ0) is 23.5. The van der Waals surface area contributed by atoms with E-state index >= 15 is 0 Å². The fourth-order valence-electron chi connectivity index (χ4n) is 3.57. The molecule has 33 heavy (non-hydrogen) atoms. The number of ether oxygens (including phenoxy) is 2. The summed E-state index contributed by atoms with van der Waals surface area (Å²) in [6.07, 6.45) is 3.52. The molecule has 0 bridgehead atoms. The maximum atomic E-state index is 13.5. The number of imidazole rings is 1. The first-order valence-electron chi connectivity index (χ1n) is 10.1. The van der Waals surface area contributed by atoms with Crippen LogP contribution in [0.15, 0.2) is 48.1 Å². The molecule has 4 rings (SSSR count). The van der Waals surface area contributed by atoms with E-state index in [2.05, 4.69) is 20.5 Å². The van der Waals surface area contributed by atoms with E-state index in [4.69, 9.17) is 21.7 Å². The molecule has 172 valence electrons. The number of nitrogens with one attached hydrogen (secondary N) is 2. The van der Waals surface area contributed by atoms with Crippen molar-refractivity contribution in [2.75, 3.05) is 14.2 Å². The second-order valence-corrected chi connectivity index (χ2v) is 8.69. The van der Waals surface area contributed by atoms with E-state index in [9.17, 15) is 4.79 Å². The largest absolute Gasteiger partial charge is 0.497 e. The van der Waals surface area contributed by atoms with Gasteiger partial charge < -0.3 is 19.4 Å². The molecular weight excluding hydrogens is 460 g/mol. The van der Waals surface area contributed by atoms with E-state index in [-0.39, 0.29) is 5.91 Å². The Labute approximate surface area is 200 Å².